The lowest BCUT2D eigenvalue weighted by Gasteiger charge is -2.09. The molecule has 0 fully saturated rings. The van der Waals surface area contributed by atoms with Gasteiger partial charge < -0.3 is 10.4 Å². The van der Waals surface area contributed by atoms with E-state index in [1.165, 1.54) is 0 Å². The summed E-state index contributed by atoms with van der Waals surface area (Å²) in [5, 5.41) is 16.7. The molecule has 0 saturated carbocycles. The van der Waals surface area contributed by atoms with Gasteiger partial charge in [0.2, 0.25) is 0 Å². The van der Waals surface area contributed by atoms with Gasteiger partial charge in [0.15, 0.2) is 11.6 Å². The minimum Gasteiger partial charge on any atom is -0.394 e. The predicted molar refractivity (Wildman–Crippen MR) is 93.1 cm³/mol. The number of nitrogens with one attached hydrogen (secondary N) is 1. The molecule has 0 bridgehead atoms. The number of hydrogen-bond acceptors (Lipinski definition) is 3. The van der Waals surface area contributed by atoms with E-state index in [1.54, 1.807) is 10.7 Å². The molecule has 3 aromatic rings. The number of anilines is 1. The number of aryl methyl sites for hydroxylation is 1. The lowest BCUT2D eigenvalue weighted by Crippen LogP contribution is -2.11. The summed E-state index contributed by atoms with van der Waals surface area (Å²) in [6.45, 7) is 2.04. The lowest BCUT2D eigenvalue weighted by molar-refractivity contribution is 0.270. The molecule has 0 radical (unpaired) electrons. The number of aliphatic hydroxyl groups is 1. The monoisotopic (exact) mass is 361 g/mol. The van der Waals surface area contributed by atoms with Gasteiger partial charge in [0.1, 0.15) is 11.6 Å². The van der Waals surface area contributed by atoms with Crippen molar-refractivity contribution in [1.29, 1.82) is 0 Å². The minimum absolute atomic E-state index is 0.00177. The van der Waals surface area contributed by atoms with Gasteiger partial charge in [0.05, 0.1) is 18.8 Å². The smallest absolute Gasteiger partial charge is 0.161 e. The molecule has 3 rings (SSSR count). The summed E-state index contributed by atoms with van der Waals surface area (Å²) in [6.07, 6.45) is 0. The fraction of sp³-hybridized carbons (Fsp3) is 0.211. The Kier molecular flexibility index (Phi) is 5.27. The zero-order valence-electron chi connectivity index (χ0n) is 14.1. The summed E-state index contributed by atoms with van der Waals surface area (Å²) >= 11 is 0. The van der Waals surface area contributed by atoms with E-state index >= 15 is 0 Å². The van der Waals surface area contributed by atoms with Crippen LogP contribution in [-0.4, -0.2) is 21.5 Å². The van der Waals surface area contributed by atoms with E-state index in [0.717, 1.165) is 17.2 Å². The molecule has 0 saturated heterocycles. The van der Waals surface area contributed by atoms with E-state index in [9.17, 15) is 18.3 Å². The van der Waals surface area contributed by atoms with E-state index in [0.29, 0.717) is 17.6 Å². The Hall–Kier alpha value is -2.80. The number of nitrogens with zero attached hydrogens (tertiary/aromatic N) is 2. The third-order valence-electron chi connectivity index (χ3n) is 4.06. The number of halogens is 3. The van der Waals surface area contributed by atoms with Crippen LogP contribution in [0, 0.1) is 24.4 Å². The summed E-state index contributed by atoms with van der Waals surface area (Å²) in [7, 11) is 0. The van der Waals surface area contributed by atoms with Crippen LogP contribution in [0.4, 0.5) is 19.0 Å². The SMILES string of the molecule is Cc1ccccc1-c1cc(NCc2cc(F)c(F)cc2F)n(CCO)n1. The second-order valence-corrected chi connectivity index (χ2v) is 5.89. The molecule has 0 aliphatic heterocycles. The predicted octanol–water partition coefficient (Wildman–Crippen LogP) is 3.88. The van der Waals surface area contributed by atoms with Crippen molar-refractivity contribution in [3.8, 4) is 11.3 Å². The first-order valence-corrected chi connectivity index (χ1v) is 8.11. The minimum atomic E-state index is -1.22. The summed E-state index contributed by atoms with van der Waals surface area (Å²) in [5.74, 6) is -2.61. The molecule has 0 aliphatic carbocycles. The van der Waals surface area contributed by atoms with Crippen molar-refractivity contribution in [2.45, 2.75) is 20.0 Å². The van der Waals surface area contributed by atoms with Crippen molar-refractivity contribution >= 4 is 5.82 Å². The highest BCUT2D eigenvalue weighted by Gasteiger charge is 2.13. The zero-order chi connectivity index (χ0) is 18.7. The van der Waals surface area contributed by atoms with E-state index in [1.807, 2.05) is 31.2 Å². The Balaban J connectivity index is 1.88. The third kappa shape index (κ3) is 3.72. The van der Waals surface area contributed by atoms with Crippen LogP contribution in [0.15, 0.2) is 42.5 Å². The van der Waals surface area contributed by atoms with Crippen LogP contribution in [0.25, 0.3) is 11.3 Å². The van der Waals surface area contributed by atoms with Gasteiger partial charge in [-0.15, -0.1) is 0 Å². The van der Waals surface area contributed by atoms with Crippen molar-refractivity contribution in [3.05, 3.63) is 71.0 Å². The standard InChI is InChI=1S/C19H18F3N3O/c1-12-4-2-3-5-14(12)18-10-19(25(24-18)6-7-26)23-11-13-8-16(21)17(22)9-15(13)20/h2-5,8-10,23,26H,6-7,11H2,1H3. The molecule has 136 valence electrons. The molecule has 0 amide bonds. The Morgan fingerprint density at radius 2 is 1.77 bits per heavy atom. The maximum atomic E-state index is 13.8. The van der Waals surface area contributed by atoms with E-state index in [4.69, 9.17) is 0 Å². The maximum absolute atomic E-state index is 13.8. The lowest BCUT2D eigenvalue weighted by atomic mass is 10.1. The van der Waals surface area contributed by atoms with E-state index < -0.39 is 17.5 Å². The molecule has 1 aromatic heterocycles. The second kappa shape index (κ2) is 7.61. The van der Waals surface area contributed by atoms with Gasteiger partial charge in [0, 0.05) is 29.8 Å². The Bertz CT molecular complexity index is 924. The first kappa shape index (κ1) is 18.0. The van der Waals surface area contributed by atoms with E-state index in [-0.39, 0.29) is 25.3 Å². The molecule has 0 aliphatic rings. The van der Waals surface area contributed by atoms with Crippen molar-refractivity contribution in [2.75, 3.05) is 11.9 Å². The summed E-state index contributed by atoms with van der Waals surface area (Å²) in [5.41, 5.74) is 2.67. The molecule has 7 heteroatoms. The van der Waals surface area contributed by atoms with Gasteiger partial charge in [-0.2, -0.15) is 5.10 Å². The number of aliphatic hydroxyl groups excluding tert-OH is 1. The molecule has 2 aromatic carbocycles. The second-order valence-electron chi connectivity index (χ2n) is 5.89. The molecule has 0 unspecified atom stereocenters. The number of hydrogen-bond donors (Lipinski definition) is 2. The number of aromatic nitrogens is 2. The van der Waals surface area contributed by atoms with Crippen LogP contribution >= 0.6 is 0 Å². The van der Waals surface area contributed by atoms with Crippen molar-refractivity contribution in [1.82, 2.24) is 9.78 Å². The van der Waals surface area contributed by atoms with Crippen LogP contribution < -0.4 is 5.32 Å². The van der Waals surface area contributed by atoms with Gasteiger partial charge in [0.25, 0.3) is 0 Å². The highest BCUT2D eigenvalue weighted by Crippen LogP contribution is 2.25. The zero-order valence-corrected chi connectivity index (χ0v) is 14.1. The average molecular weight is 361 g/mol. The van der Waals surface area contributed by atoms with Crippen molar-refractivity contribution < 1.29 is 18.3 Å². The van der Waals surface area contributed by atoms with Crippen LogP contribution in [0.5, 0.6) is 0 Å². The largest absolute Gasteiger partial charge is 0.394 e. The van der Waals surface area contributed by atoms with Gasteiger partial charge in [-0.1, -0.05) is 24.3 Å². The Morgan fingerprint density at radius 3 is 2.50 bits per heavy atom. The van der Waals surface area contributed by atoms with E-state index in [2.05, 4.69) is 10.4 Å². The third-order valence-corrected chi connectivity index (χ3v) is 4.06. The van der Waals surface area contributed by atoms with Crippen LogP contribution in [-0.2, 0) is 13.1 Å². The van der Waals surface area contributed by atoms with Crippen LogP contribution in [0.2, 0.25) is 0 Å². The molecule has 0 spiro atoms. The molecule has 26 heavy (non-hydrogen) atoms. The topological polar surface area (TPSA) is 50.1 Å². The number of rotatable bonds is 6. The Labute approximate surface area is 148 Å². The molecule has 2 N–H and O–H groups in total. The summed E-state index contributed by atoms with van der Waals surface area (Å²) in [4.78, 5) is 0. The van der Waals surface area contributed by atoms with Gasteiger partial charge in [-0.25, -0.2) is 17.9 Å². The highest BCUT2D eigenvalue weighted by molar-refractivity contribution is 5.66. The number of benzene rings is 2. The first-order valence-electron chi connectivity index (χ1n) is 8.11. The molecular formula is C19H18F3N3O. The van der Waals surface area contributed by atoms with Gasteiger partial charge >= 0.3 is 0 Å². The fourth-order valence-corrected chi connectivity index (χ4v) is 2.70. The van der Waals surface area contributed by atoms with Gasteiger partial charge in [-0.3, -0.25) is 0 Å². The summed E-state index contributed by atoms with van der Waals surface area (Å²) < 4.78 is 41.7. The van der Waals surface area contributed by atoms with Crippen molar-refractivity contribution in [2.24, 2.45) is 0 Å². The quantitative estimate of drug-likeness (QED) is 0.655. The first-order chi connectivity index (χ1) is 12.5. The van der Waals surface area contributed by atoms with Crippen LogP contribution in [0.3, 0.4) is 0 Å². The molecular weight excluding hydrogens is 343 g/mol. The Morgan fingerprint density at radius 1 is 1.04 bits per heavy atom. The van der Waals surface area contributed by atoms with Crippen LogP contribution in [0.1, 0.15) is 11.1 Å². The average Bonchev–Trinajstić information content (AvgIpc) is 3.00. The fourth-order valence-electron chi connectivity index (χ4n) is 2.70. The highest BCUT2D eigenvalue weighted by atomic mass is 19.2. The molecule has 0 atom stereocenters. The molecule has 1 heterocycles. The van der Waals surface area contributed by atoms with Gasteiger partial charge in [-0.05, 0) is 18.6 Å². The molecule has 4 nitrogen and oxygen atoms in total. The summed E-state index contributed by atoms with van der Waals surface area (Å²) in [6, 6.07) is 10.8. The normalized spacial score (nSPS) is 11.0. The van der Waals surface area contributed by atoms with Crippen molar-refractivity contribution in [3.63, 3.8) is 0 Å². The maximum Gasteiger partial charge on any atom is 0.161 e.